The standard InChI is InChI=1S/C6H11NOS/c8-6-4-1-7-2-5(6)9-3-4/h4-8H,1-3H2. The zero-order valence-electron chi connectivity index (χ0n) is 5.21. The van der Waals surface area contributed by atoms with Crippen LogP contribution in [0.3, 0.4) is 0 Å². The Bertz CT molecular complexity index is 104. The topological polar surface area (TPSA) is 32.3 Å². The highest BCUT2D eigenvalue weighted by Gasteiger charge is 2.37. The van der Waals surface area contributed by atoms with E-state index < -0.39 is 0 Å². The summed E-state index contributed by atoms with van der Waals surface area (Å²) in [6.45, 7) is 2.02. The quantitative estimate of drug-likeness (QED) is 0.490. The molecule has 2 aliphatic rings. The van der Waals surface area contributed by atoms with Gasteiger partial charge in [-0.25, -0.2) is 0 Å². The molecule has 2 aliphatic heterocycles. The molecule has 0 aromatic carbocycles. The molecule has 0 aromatic rings. The minimum atomic E-state index is -0.0174. The highest BCUT2D eigenvalue weighted by Crippen LogP contribution is 2.33. The van der Waals surface area contributed by atoms with Crippen molar-refractivity contribution in [3.05, 3.63) is 0 Å². The molecule has 0 aromatic heterocycles. The molecule has 0 radical (unpaired) electrons. The second-order valence-electron chi connectivity index (χ2n) is 2.78. The van der Waals surface area contributed by atoms with Gasteiger partial charge in [0, 0.05) is 30.0 Å². The largest absolute Gasteiger partial charge is 0.392 e. The Labute approximate surface area is 59.0 Å². The van der Waals surface area contributed by atoms with Gasteiger partial charge in [-0.05, 0) is 0 Å². The molecular weight excluding hydrogens is 134 g/mol. The molecule has 2 heterocycles. The van der Waals surface area contributed by atoms with Crippen molar-refractivity contribution in [3.8, 4) is 0 Å². The Morgan fingerprint density at radius 3 is 3.00 bits per heavy atom. The molecule has 3 unspecified atom stereocenters. The normalized spacial score (nSPS) is 49.7. The van der Waals surface area contributed by atoms with Gasteiger partial charge in [-0.1, -0.05) is 0 Å². The van der Waals surface area contributed by atoms with E-state index in [4.69, 9.17) is 0 Å². The summed E-state index contributed by atoms with van der Waals surface area (Å²) in [4.78, 5) is 0. The van der Waals surface area contributed by atoms with Crippen LogP contribution >= 0.6 is 11.8 Å². The van der Waals surface area contributed by atoms with Crippen LogP contribution in [0.15, 0.2) is 0 Å². The van der Waals surface area contributed by atoms with Crippen LogP contribution in [0.25, 0.3) is 0 Å². The van der Waals surface area contributed by atoms with E-state index in [2.05, 4.69) is 5.32 Å². The Hall–Kier alpha value is 0.270. The average Bonchev–Trinajstić information content (AvgIpc) is 2.19. The van der Waals surface area contributed by atoms with Gasteiger partial charge in [0.2, 0.25) is 0 Å². The third-order valence-corrected chi connectivity index (χ3v) is 3.63. The van der Waals surface area contributed by atoms with E-state index in [9.17, 15) is 5.11 Å². The van der Waals surface area contributed by atoms with E-state index in [-0.39, 0.29) is 6.10 Å². The lowest BCUT2D eigenvalue weighted by Crippen LogP contribution is -2.44. The first-order valence-electron chi connectivity index (χ1n) is 3.38. The molecular formula is C6H11NOS. The predicted molar refractivity (Wildman–Crippen MR) is 38.6 cm³/mol. The number of aliphatic hydroxyl groups is 1. The zero-order chi connectivity index (χ0) is 6.27. The Kier molecular flexibility index (Phi) is 1.43. The first kappa shape index (κ1) is 6.01. The second-order valence-corrected chi connectivity index (χ2v) is 4.05. The van der Waals surface area contributed by atoms with Crippen molar-refractivity contribution in [1.29, 1.82) is 0 Å². The molecule has 0 aliphatic carbocycles. The molecule has 2 saturated heterocycles. The Balaban J connectivity index is 2.10. The number of aliphatic hydroxyl groups excluding tert-OH is 1. The fourth-order valence-corrected chi connectivity index (χ4v) is 2.98. The maximum Gasteiger partial charge on any atom is 0.0719 e. The zero-order valence-corrected chi connectivity index (χ0v) is 6.03. The van der Waals surface area contributed by atoms with Gasteiger partial charge in [0.1, 0.15) is 0 Å². The van der Waals surface area contributed by atoms with Crippen molar-refractivity contribution < 1.29 is 5.11 Å². The highest BCUT2D eigenvalue weighted by atomic mass is 32.2. The van der Waals surface area contributed by atoms with Crippen molar-refractivity contribution >= 4 is 11.8 Å². The van der Waals surface area contributed by atoms with Crippen LogP contribution in [0.2, 0.25) is 0 Å². The van der Waals surface area contributed by atoms with Crippen LogP contribution in [-0.4, -0.2) is 35.3 Å². The number of fused-ring (bicyclic) bond motifs is 2. The van der Waals surface area contributed by atoms with Crippen molar-refractivity contribution in [1.82, 2.24) is 5.32 Å². The minimum absolute atomic E-state index is 0.0174. The molecule has 2 nitrogen and oxygen atoms in total. The van der Waals surface area contributed by atoms with Crippen molar-refractivity contribution in [2.45, 2.75) is 11.4 Å². The van der Waals surface area contributed by atoms with E-state index in [1.54, 1.807) is 0 Å². The summed E-state index contributed by atoms with van der Waals surface area (Å²) in [6, 6.07) is 0. The maximum absolute atomic E-state index is 9.45. The number of nitrogens with one attached hydrogen (secondary N) is 1. The number of rotatable bonds is 0. The van der Waals surface area contributed by atoms with Gasteiger partial charge in [-0.3, -0.25) is 0 Å². The molecule has 9 heavy (non-hydrogen) atoms. The summed E-state index contributed by atoms with van der Waals surface area (Å²) in [6.07, 6.45) is -0.0174. The Morgan fingerprint density at radius 1 is 1.44 bits per heavy atom. The molecule has 3 heteroatoms. The fraction of sp³-hybridized carbons (Fsp3) is 1.00. The summed E-state index contributed by atoms with van der Waals surface area (Å²) in [7, 11) is 0. The van der Waals surface area contributed by atoms with E-state index in [0.29, 0.717) is 11.2 Å². The molecule has 3 atom stereocenters. The van der Waals surface area contributed by atoms with Gasteiger partial charge in [-0.15, -0.1) is 0 Å². The molecule has 0 amide bonds. The summed E-state index contributed by atoms with van der Waals surface area (Å²) >= 11 is 1.91. The van der Waals surface area contributed by atoms with Crippen LogP contribution in [-0.2, 0) is 0 Å². The van der Waals surface area contributed by atoms with Crippen LogP contribution in [0.4, 0.5) is 0 Å². The van der Waals surface area contributed by atoms with E-state index in [1.165, 1.54) is 0 Å². The van der Waals surface area contributed by atoms with Crippen molar-refractivity contribution in [2.75, 3.05) is 18.8 Å². The number of thioether (sulfide) groups is 1. The molecule has 2 rings (SSSR count). The fourth-order valence-electron chi connectivity index (χ4n) is 1.52. The lowest BCUT2D eigenvalue weighted by atomic mass is 9.99. The van der Waals surface area contributed by atoms with Crippen LogP contribution in [0.1, 0.15) is 0 Å². The minimum Gasteiger partial charge on any atom is -0.392 e. The summed E-state index contributed by atoms with van der Waals surface area (Å²) in [5, 5.41) is 13.2. The predicted octanol–water partition coefficient (Wildman–Crippen LogP) is -0.318. The average molecular weight is 145 g/mol. The number of piperidine rings is 1. The van der Waals surface area contributed by atoms with Crippen LogP contribution < -0.4 is 5.32 Å². The van der Waals surface area contributed by atoms with Gasteiger partial charge in [-0.2, -0.15) is 11.8 Å². The summed E-state index contributed by atoms with van der Waals surface area (Å²) in [5.74, 6) is 1.69. The van der Waals surface area contributed by atoms with E-state index in [0.717, 1.165) is 18.8 Å². The van der Waals surface area contributed by atoms with Crippen molar-refractivity contribution in [2.24, 2.45) is 5.92 Å². The lowest BCUT2D eigenvalue weighted by Gasteiger charge is -2.24. The lowest BCUT2D eigenvalue weighted by molar-refractivity contribution is 0.106. The monoisotopic (exact) mass is 145 g/mol. The number of hydrogen-bond donors (Lipinski definition) is 2. The van der Waals surface area contributed by atoms with Gasteiger partial charge < -0.3 is 10.4 Å². The molecule has 0 saturated carbocycles. The molecule has 2 bridgehead atoms. The third kappa shape index (κ3) is 0.876. The van der Waals surface area contributed by atoms with Gasteiger partial charge in [0.15, 0.2) is 0 Å². The smallest absolute Gasteiger partial charge is 0.0719 e. The molecule has 2 N–H and O–H groups in total. The highest BCUT2D eigenvalue weighted by molar-refractivity contribution is 8.00. The molecule has 52 valence electrons. The first-order valence-corrected chi connectivity index (χ1v) is 4.43. The first-order chi connectivity index (χ1) is 4.38. The van der Waals surface area contributed by atoms with E-state index in [1.807, 2.05) is 11.8 Å². The van der Waals surface area contributed by atoms with Crippen LogP contribution in [0.5, 0.6) is 0 Å². The van der Waals surface area contributed by atoms with Gasteiger partial charge in [0.25, 0.3) is 0 Å². The van der Waals surface area contributed by atoms with Crippen LogP contribution in [0, 0.1) is 5.92 Å². The Morgan fingerprint density at radius 2 is 2.33 bits per heavy atom. The summed E-state index contributed by atoms with van der Waals surface area (Å²) in [5.41, 5.74) is 0. The SMILES string of the molecule is OC1C2CNCC1SC2. The van der Waals surface area contributed by atoms with Gasteiger partial charge in [0.05, 0.1) is 6.10 Å². The molecule has 2 fully saturated rings. The van der Waals surface area contributed by atoms with E-state index >= 15 is 0 Å². The number of hydrogen-bond acceptors (Lipinski definition) is 3. The summed E-state index contributed by atoms with van der Waals surface area (Å²) < 4.78 is 0. The third-order valence-electron chi connectivity index (χ3n) is 2.14. The maximum atomic E-state index is 9.45. The second kappa shape index (κ2) is 2.15. The molecule has 0 spiro atoms. The van der Waals surface area contributed by atoms with Gasteiger partial charge >= 0.3 is 0 Å². The van der Waals surface area contributed by atoms with Crippen molar-refractivity contribution in [3.63, 3.8) is 0 Å².